The molecule has 2 heterocycles. The van der Waals surface area contributed by atoms with Gasteiger partial charge in [-0.05, 0) is 24.6 Å². The summed E-state index contributed by atoms with van der Waals surface area (Å²) in [4.78, 5) is 2.18. The summed E-state index contributed by atoms with van der Waals surface area (Å²) in [5.41, 5.74) is 1.02. The molecule has 1 saturated heterocycles. The fraction of sp³-hybridized carbons (Fsp3) is 0.429. The Kier molecular flexibility index (Phi) is 4.06. The monoisotopic (exact) mass is 326 g/mol. The lowest BCUT2D eigenvalue weighted by molar-refractivity contribution is 0.0390. The number of nitrogens with zero attached hydrogens (tertiary/aromatic N) is 4. The lowest BCUT2D eigenvalue weighted by atomic mass is 10.1. The van der Waals surface area contributed by atoms with Crippen LogP contribution in [0.4, 0.5) is 5.95 Å². The van der Waals surface area contributed by atoms with Crippen LogP contribution in [0, 0.1) is 6.92 Å². The van der Waals surface area contributed by atoms with Crippen LogP contribution in [0.2, 0.25) is 10.0 Å². The summed E-state index contributed by atoms with van der Waals surface area (Å²) in [5.74, 6) is 1.75. The van der Waals surface area contributed by atoms with E-state index in [9.17, 15) is 0 Å². The van der Waals surface area contributed by atoms with Crippen molar-refractivity contribution in [1.29, 1.82) is 0 Å². The third-order valence-electron chi connectivity index (χ3n) is 3.73. The third kappa shape index (κ3) is 2.86. The molecule has 7 heteroatoms. The molecule has 0 N–H and O–H groups in total. The van der Waals surface area contributed by atoms with Crippen molar-refractivity contribution in [1.82, 2.24) is 14.8 Å². The fourth-order valence-electron chi connectivity index (χ4n) is 2.42. The van der Waals surface area contributed by atoms with Crippen LogP contribution in [0.5, 0.6) is 0 Å². The number of aromatic nitrogens is 3. The molecule has 3 rings (SSSR count). The van der Waals surface area contributed by atoms with E-state index in [-0.39, 0.29) is 6.10 Å². The van der Waals surface area contributed by atoms with Crippen molar-refractivity contribution in [2.24, 2.45) is 7.05 Å². The summed E-state index contributed by atoms with van der Waals surface area (Å²) in [7, 11) is 1.97. The van der Waals surface area contributed by atoms with E-state index in [4.69, 9.17) is 27.9 Å². The maximum atomic E-state index is 6.09. The predicted octanol–water partition coefficient (Wildman–Crippen LogP) is 3.01. The molecular formula is C14H16Cl2N4O. The molecule has 0 aliphatic carbocycles. The minimum atomic E-state index is -0.0504. The molecular weight excluding hydrogens is 311 g/mol. The Balaban J connectivity index is 1.82. The van der Waals surface area contributed by atoms with Gasteiger partial charge in [0.05, 0.1) is 23.2 Å². The summed E-state index contributed by atoms with van der Waals surface area (Å²) < 4.78 is 7.84. The quantitative estimate of drug-likeness (QED) is 0.850. The van der Waals surface area contributed by atoms with Gasteiger partial charge in [-0.3, -0.25) is 0 Å². The molecule has 0 amide bonds. The second-order valence-electron chi connectivity index (χ2n) is 5.09. The van der Waals surface area contributed by atoms with E-state index < -0.39 is 0 Å². The van der Waals surface area contributed by atoms with Crippen LogP contribution in [0.15, 0.2) is 18.2 Å². The molecule has 1 aromatic heterocycles. The van der Waals surface area contributed by atoms with E-state index in [2.05, 4.69) is 15.1 Å². The van der Waals surface area contributed by atoms with E-state index in [0.717, 1.165) is 23.9 Å². The van der Waals surface area contributed by atoms with Gasteiger partial charge in [0.15, 0.2) is 0 Å². The molecule has 112 valence electrons. The summed E-state index contributed by atoms with van der Waals surface area (Å²) in [6.07, 6.45) is -0.0504. The summed E-state index contributed by atoms with van der Waals surface area (Å²) in [6.45, 7) is 4.08. The smallest absolute Gasteiger partial charge is 0.227 e. The average Bonchev–Trinajstić information content (AvgIpc) is 2.82. The van der Waals surface area contributed by atoms with Crippen LogP contribution < -0.4 is 4.90 Å². The van der Waals surface area contributed by atoms with Crippen LogP contribution in [0.3, 0.4) is 0 Å². The first-order valence-electron chi connectivity index (χ1n) is 6.74. The Morgan fingerprint density at radius 1 is 1.24 bits per heavy atom. The van der Waals surface area contributed by atoms with Gasteiger partial charge in [-0.1, -0.05) is 29.3 Å². The molecule has 0 saturated carbocycles. The molecule has 5 nitrogen and oxygen atoms in total. The van der Waals surface area contributed by atoms with Gasteiger partial charge in [0.1, 0.15) is 11.9 Å². The lowest BCUT2D eigenvalue weighted by Gasteiger charge is -2.33. The van der Waals surface area contributed by atoms with Gasteiger partial charge in [0.25, 0.3) is 0 Å². The van der Waals surface area contributed by atoms with Crippen LogP contribution in [-0.2, 0) is 11.8 Å². The molecule has 1 fully saturated rings. The van der Waals surface area contributed by atoms with E-state index >= 15 is 0 Å². The molecule has 0 radical (unpaired) electrons. The third-order valence-corrected chi connectivity index (χ3v) is 4.47. The lowest BCUT2D eigenvalue weighted by Crippen LogP contribution is -2.39. The van der Waals surface area contributed by atoms with Crippen LogP contribution in [-0.4, -0.2) is 34.5 Å². The van der Waals surface area contributed by atoms with Gasteiger partial charge >= 0.3 is 0 Å². The number of anilines is 1. The van der Waals surface area contributed by atoms with Gasteiger partial charge in [-0.25, -0.2) is 0 Å². The number of ether oxygens (including phenoxy) is 1. The first kappa shape index (κ1) is 14.6. The van der Waals surface area contributed by atoms with Crippen molar-refractivity contribution >= 4 is 29.2 Å². The molecule has 1 aliphatic heterocycles. The van der Waals surface area contributed by atoms with Crippen molar-refractivity contribution in [3.05, 3.63) is 39.6 Å². The number of aryl methyl sites for hydroxylation is 1. The molecule has 21 heavy (non-hydrogen) atoms. The van der Waals surface area contributed by atoms with Crippen molar-refractivity contribution in [2.75, 3.05) is 24.6 Å². The molecule has 1 atom stereocenters. The summed E-state index contributed by atoms with van der Waals surface area (Å²) >= 11 is 12.1. The zero-order chi connectivity index (χ0) is 15.0. The van der Waals surface area contributed by atoms with Crippen molar-refractivity contribution in [2.45, 2.75) is 13.0 Å². The minimum Gasteiger partial charge on any atom is -0.370 e. The average molecular weight is 327 g/mol. The molecule has 2 aromatic rings. The first-order valence-corrected chi connectivity index (χ1v) is 7.49. The van der Waals surface area contributed by atoms with Crippen molar-refractivity contribution in [3.8, 4) is 0 Å². The number of morpholine rings is 1. The van der Waals surface area contributed by atoms with E-state index in [1.165, 1.54) is 0 Å². The van der Waals surface area contributed by atoms with Crippen molar-refractivity contribution in [3.63, 3.8) is 0 Å². The number of hydrogen-bond acceptors (Lipinski definition) is 4. The molecule has 1 unspecified atom stereocenters. The maximum Gasteiger partial charge on any atom is 0.227 e. The highest BCUT2D eigenvalue weighted by Crippen LogP contribution is 2.30. The Morgan fingerprint density at radius 3 is 2.71 bits per heavy atom. The molecule has 1 aromatic carbocycles. The van der Waals surface area contributed by atoms with Crippen LogP contribution >= 0.6 is 23.2 Å². The summed E-state index contributed by atoms with van der Waals surface area (Å²) in [6, 6.07) is 5.61. The zero-order valence-corrected chi connectivity index (χ0v) is 13.4. The maximum absolute atomic E-state index is 6.09. The molecule has 1 aliphatic rings. The summed E-state index contributed by atoms with van der Waals surface area (Å²) in [5, 5.41) is 9.44. The van der Waals surface area contributed by atoms with Crippen LogP contribution in [0.25, 0.3) is 0 Å². The van der Waals surface area contributed by atoms with E-state index in [1.807, 2.05) is 30.7 Å². The number of benzene rings is 1. The highest BCUT2D eigenvalue weighted by atomic mass is 35.5. The fourth-order valence-corrected chi connectivity index (χ4v) is 2.72. The van der Waals surface area contributed by atoms with Gasteiger partial charge in [0.2, 0.25) is 5.95 Å². The topological polar surface area (TPSA) is 43.2 Å². The highest BCUT2D eigenvalue weighted by Gasteiger charge is 2.25. The first-order chi connectivity index (χ1) is 10.1. The zero-order valence-electron chi connectivity index (χ0n) is 11.9. The van der Waals surface area contributed by atoms with E-state index in [1.54, 1.807) is 6.07 Å². The van der Waals surface area contributed by atoms with E-state index in [0.29, 0.717) is 23.2 Å². The number of rotatable bonds is 2. The largest absolute Gasteiger partial charge is 0.370 e. The molecule has 0 bridgehead atoms. The van der Waals surface area contributed by atoms with Gasteiger partial charge in [-0.15, -0.1) is 10.2 Å². The van der Waals surface area contributed by atoms with Gasteiger partial charge < -0.3 is 14.2 Å². The normalized spacial score (nSPS) is 19.0. The molecule has 0 spiro atoms. The standard InChI is InChI=1S/C14H16Cl2N4O/c1-9-17-18-14(19(9)2)20-5-6-21-13(8-20)10-3-4-11(15)12(16)7-10/h3-4,7,13H,5-6,8H2,1-2H3. The minimum absolute atomic E-state index is 0.0504. The Hall–Kier alpha value is -1.30. The van der Waals surface area contributed by atoms with Gasteiger partial charge in [-0.2, -0.15) is 0 Å². The second kappa shape index (κ2) is 5.83. The highest BCUT2D eigenvalue weighted by molar-refractivity contribution is 6.42. The predicted molar refractivity (Wildman–Crippen MR) is 83.1 cm³/mol. The van der Waals surface area contributed by atoms with Crippen molar-refractivity contribution < 1.29 is 4.74 Å². The Morgan fingerprint density at radius 2 is 2.05 bits per heavy atom. The van der Waals surface area contributed by atoms with Crippen LogP contribution in [0.1, 0.15) is 17.5 Å². The Labute approximate surface area is 133 Å². The SMILES string of the molecule is Cc1nnc(N2CCOC(c3ccc(Cl)c(Cl)c3)C2)n1C. The Bertz CT molecular complexity index is 658. The second-order valence-corrected chi connectivity index (χ2v) is 5.90. The number of hydrogen-bond donors (Lipinski definition) is 0. The number of halogens is 2. The van der Waals surface area contributed by atoms with Gasteiger partial charge in [0, 0.05) is 13.6 Å².